The lowest BCUT2D eigenvalue weighted by Crippen LogP contribution is -2.28. The standard InChI is InChI=1S/C20H16FN3O3/c21-14-4-2-13(3-5-14)17-8-15(9-22)23-18-7-12(1-6-16(17)18)10-24-19(25)11-27-20(24)26/h1-8H,9-11,22H2. The van der Waals surface area contributed by atoms with Gasteiger partial charge in [-0.25, -0.2) is 14.1 Å². The first-order chi connectivity index (χ1) is 13.0. The number of amides is 2. The molecule has 0 atom stereocenters. The summed E-state index contributed by atoms with van der Waals surface area (Å²) in [7, 11) is 0. The first-order valence-electron chi connectivity index (χ1n) is 8.41. The van der Waals surface area contributed by atoms with Gasteiger partial charge in [-0.2, -0.15) is 0 Å². The maximum absolute atomic E-state index is 13.3. The van der Waals surface area contributed by atoms with E-state index in [1.54, 1.807) is 12.1 Å². The molecular weight excluding hydrogens is 349 g/mol. The molecule has 0 bridgehead atoms. The number of aromatic nitrogens is 1. The summed E-state index contributed by atoms with van der Waals surface area (Å²) in [5, 5.41) is 0.873. The number of halogens is 1. The molecule has 3 aromatic rings. The number of pyridine rings is 1. The minimum atomic E-state index is -0.643. The number of fused-ring (bicyclic) bond motifs is 1. The quantitative estimate of drug-likeness (QED) is 0.768. The van der Waals surface area contributed by atoms with Gasteiger partial charge < -0.3 is 10.5 Å². The number of ether oxygens (including phenoxy) is 1. The summed E-state index contributed by atoms with van der Waals surface area (Å²) in [6.45, 7) is 0.149. The van der Waals surface area contributed by atoms with Crippen molar-refractivity contribution in [2.45, 2.75) is 13.1 Å². The summed E-state index contributed by atoms with van der Waals surface area (Å²) in [5.41, 5.74) is 9.66. The summed E-state index contributed by atoms with van der Waals surface area (Å²) in [4.78, 5) is 29.0. The van der Waals surface area contributed by atoms with Crippen LogP contribution in [-0.4, -0.2) is 28.5 Å². The summed E-state index contributed by atoms with van der Waals surface area (Å²) in [5.74, 6) is -0.670. The fraction of sp³-hybridized carbons (Fsp3) is 0.150. The van der Waals surface area contributed by atoms with E-state index in [0.717, 1.165) is 27.0 Å². The van der Waals surface area contributed by atoms with Crippen LogP contribution in [0.25, 0.3) is 22.0 Å². The lowest BCUT2D eigenvalue weighted by atomic mass is 9.98. The van der Waals surface area contributed by atoms with Crippen LogP contribution in [0.1, 0.15) is 11.3 Å². The number of carbonyl (C=O) groups is 2. The number of hydrogen-bond donors (Lipinski definition) is 1. The molecule has 136 valence electrons. The molecule has 2 heterocycles. The third-order valence-corrected chi connectivity index (χ3v) is 4.47. The molecule has 1 aliphatic heterocycles. The van der Waals surface area contributed by atoms with E-state index in [1.807, 2.05) is 24.3 Å². The maximum Gasteiger partial charge on any atom is 0.417 e. The van der Waals surface area contributed by atoms with Crippen LogP contribution >= 0.6 is 0 Å². The van der Waals surface area contributed by atoms with Crippen LogP contribution in [0.4, 0.5) is 9.18 Å². The molecular formula is C20H16FN3O3. The SMILES string of the molecule is NCc1cc(-c2ccc(F)cc2)c2ccc(CN3C(=O)COC3=O)cc2n1. The van der Waals surface area contributed by atoms with Crippen molar-refractivity contribution >= 4 is 22.9 Å². The fourth-order valence-electron chi connectivity index (χ4n) is 3.12. The minimum Gasteiger partial charge on any atom is -0.439 e. The van der Waals surface area contributed by atoms with Crippen LogP contribution in [-0.2, 0) is 22.6 Å². The second kappa shape index (κ2) is 6.77. The smallest absolute Gasteiger partial charge is 0.417 e. The highest BCUT2D eigenvalue weighted by Gasteiger charge is 2.30. The second-order valence-corrected chi connectivity index (χ2v) is 6.26. The van der Waals surface area contributed by atoms with Crippen molar-refractivity contribution in [3.8, 4) is 11.1 Å². The molecule has 6 nitrogen and oxygen atoms in total. The lowest BCUT2D eigenvalue weighted by Gasteiger charge is -2.13. The predicted molar refractivity (Wildman–Crippen MR) is 96.9 cm³/mol. The Labute approximate surface area is 154 Å². The Bertz CT molecular complexity index is 1030. The van der Waals surface area contributed by atoms with E-state index in [9.17, 15) is 14.0 Å². The Morgan fingerprint density at radius 3 is 2.56 bits per heavy atom. The van der Waals surface area contributed by atoms with E-state index in [0.29, 0.717) is 11.2 Å². The van der Waals surface area contributed by atoms with Gasteiger partial charge in [-0.15, -0.1) is 0 Å². The number of imide groups is 1. The van der Waals surface area contributed by atoms with Crippen molar-refractivity contribution in [2.24, 2.45) is 5.73 Å². The zero-order chi connectivity index (χ0) is 19.0. The molecule has 1 saturated heterocycles. The van der Waals surface area contributed by atoms with Gasteiger partial charge in [0.15, 0.2) is 6.61 Å². The number of hydrogen-bond acceptors (Lipinski definition) is 5. The van der Waals surface area contributed by atoms with Crippen LogP contribution in [0, 0.1) is 5.82 Å². The molecule has 27 heavy (non-hydrogen) atoms. The second-order valence-electron chi connectivity index (χ2n) is 6.26. The van der Waals surface area contributed by atoms with E-state index in [-0.39, 0.29) is 31.4 Å². The number of carbonyl (C=O) groups excluding carboxylic acids is 2. The largest absolute Gasteiger partial charge is 0.439 e. The molecule has 2 N–H and O–H groups in total. The average Bonchev–Trinajstić information content (AvgIpc) is 2.99. The summed E-state index contributed by atoms with van der Waals surface area (Å²) in [6, 6.07) is 13.6. The highest BCUT2D eigenvalue weighted by Crippen LogP contribution is 2.30. The highest BCUT2D eigenvalue weighted by molar-refractivity contribution is 5.98. The summed E-state index contributed by atoms with van der Waals surface area (Å²) < 4.78 is 18.0. The zero-order valence-electron chi connectivity index (χ0n) is 14.3. The molecule has 1 fully saturated rings. The predicted octanol–water partition coefficient (Wildman–Crippen LogP) is 2.98. The third kappa shape index (κ3) is 3.24. The molecule has 0 saturated carbocycles. The number of rotatable bonds is 4. The van der Waals surface area contributed by atoms with Crippen LogP contribution in [0.3, 0.4) is 0 Å². The monoisotopic (exact) mass is 365 g/mol. The minimum absolute atomic E-state index is 0.119. The highest BCUT2D eigenvalue weighted by atomic mass is 19.1. The van der Waals surface area contributed by atoms with Crippen molar-refractivity contribution in [1.29, 1.82) is 0 Å². The Balaban J connectivity index is 1.78. The average molecular weight is 365 g/mol. The van der Waals surface area contributed by atoms with Gasteiger partial charge in [0.1, 0.15) is 5.82 Å². The van der Waals surface area contributed by atoms with Crippen molar-refractivity contribution in [3.05, 3.63) is 65.6 Å². The first-order valence-corrected chi connectivity index (χ1v) is 8.41. The number of cyclic esters (lactones) is 1. The molecule has 1 aromatic heterocycles. The van der Waals surface area contributed by atoms with Crippen LogP contribution in [0.5, 0.6) is 0 Å². The van der Waals surface area contributed by atoms with Gasteiger partial charge in [0.05, 0.1) is 17.8 Å². The van der Waals surface area contributed by atoms with Gasteiger partial charge in [0.2, 0.25) is 0 Å². The van der Waals surface area contributed by atoms with E-state index in [2.05, 4.69) is 4.98 Å². The van der Waals surface area contributed by atoms with E-state index in [4.69, 9.17) is 10.5 Å². The van der Waals surface area contributed by atoms with Gasteiger partial charge in [-0.3, -0.25) is 9.78 Å². The number of nitrogens with two attached hydrogens (primary N) is 1. The summed E-state index contributed by atoms with van der Waals surface area (Å²) in [6.07, 6.45) is -0.643. The normalized spacial score (nSPS) is 14.1. The Kier molecular flexibility index (Phi) is 4.29. The topological polar surface area (TPSA) is 85.5 Å². The van der Waals surface area contributed by atoms with Gasteiger partial charge >= 0.3 is 6.09 Å². The van der Waals surface area contributed by atoms with Gasteiger partial charge in [0, 0.05) is 11.9 Å². The molecule has 0 unspecified atom stereocenters. The molecule has 7 heteroatoms. The van der Waals surface area contributed by atoms with E-state index < -0.39 is 6.09 Å². The van der Waals surface area contributed by atoms with Gasteiger partial charge in [-0.1, -0.05) is 24.3 Å². The molecule has 2 aromatic carbocycles. The first kappa shape index (κ1) is 17.1. The van der Waals surface area contributed by atoms with Crippen LogP contribution in [0.2, 0.25) is 0 Å². The van der Waals surface area contributed by atoms with E-state index >= 15 is 0 Å². The molecule has 0 aliphatic carbocycles. The molecule has 1 aliphatic rings. The van der Waals surface area contributed by atoms with Crippen molar-refractivity contribution < 1.29 is 18.7 Å². The fourth-order valence-corrected chi connectivity index (χ4v) is 3.12. The maximum atomic E-state index is 13.3. The molecule has 2 amide bonds. The number of nitrogens with zero attached hydrogens (tertiary/aromatic N) is 2. The Morgan fingerprint density at radius 2 is 1.89 bits per heavy atom. The van der Waals surface area contributed by atoms with Crippen molar-refractivity contribution in [3.63, 3.8) is 0 Å². The number of benzene rings is 2. The molecule has 0 radical (unpaired) electrons. The third-order valence-electron chi connectivity index (χ3n) is 4.47. The van der Waals surface area contributed by atoms with Crippen molar-refractivity contribution in [2.75, 3.05) is 6.61 Å². The lowest BCUT2D eigenvalue weighted by molar-refractivity contribution is -0.126. The zero-order valence-corrected chi connectivity index (χ0v) is 14.3. The Hall–Kier alpha value is -3.32. The Morgan fingerprint density at radius 1 is 1.11 bits per heavy atom. The van der Waals surface area contributed by atoms with Gasteiger partial charge in [0.25, 0.3) is 5.91 Å². The van der Waals surface area contributed by atoms with Gasteiger partial charge in [-0.05, 0) is 41.0 Å². The van der Waals surface area contributed by atoms with E-state index in [1.165, 1.54) is 12.1 Å². The van der Waals surface area contributed by atoms with Crippen LogP contribution < -0.4 is 5.73 Å². The molecule has 0 spiro atoms. The van der Waals surface area contributed by atoms with Crippen LogP contribution in [0.15, 0.2) is 48.5 Å². The van der Waals surface area contributed by atoms with Crippen molar-refractivity contribution in [1.82, 2.24) is 9.88 Å². The summed E-state index contributed by atoms with van der Waals surface area (Å²) >= 11 is 0. The molecule has 4 rings (SSSR count).